The van der Waals surface area contributed by atoms with Gasteiger partial charge in [-0.2, -0.15) is 0 Å². The smallest absolute Gasteiger partial charge is 0.418 e. The molecule has 3 N–H and O–H groups in total. The Bertz CT molecular complexity index is 795. The minimum atomic E-state index is -0.614. The van der Waals surface area contributed by atoms with Crippen molar-refractivity contribution >= 4 is 18.1 Å². The lowest BCUT2D eigenvalue weighted by Gasteiger charge is -2.20. The van der Waals surface area contributed by atoms with E-state index in [1.165, 1.54) is 10.8 Å². The van der Waals surface area contributed by atoms with Gasteiger partial charge in [0.1, 0.15) is 5.60 Å². The quantitative estimate of drug-likeness (QED) is 0.858. The second kappa shape index (κ2) is 7.85. The van der Waals surface area contributed by atoms with Crippen LogP contribution in [0.1, 0.15) is 33.4 Å². The third kappa shape index (κ3) is 4.95. The van der Waals surface area contributed by atoms with Crippen molar-refractivity contribution in [3.63, 3.8) is 0 Å². The molecule has 2 aromatic heterocycles. The lowest BCUT2D eigenvalue weighted by molar-refractivity contribution is 0.0521. The van der Waals surface area contributed by atoms with Crippen molar-refractivity contribution in [1.29, 1.82) is 0 Å². The van der Waals surface area contributed by atoms with Gasteiger partial charge >= 0.3 is 12.2 Å². The van der Waals surface area contributed by atoms with Crippen LogP contribution in [0, 0.1) is 0 Å². The average molecular weight is 361 g/mol. The molecule has 0 bridgehead atoms. The number of nitrogen functional groups attached to an aromatic ring is 1. The van der Waals surface area contributed by atoms with Crippen molar-refractivity contribution in [3.05, 3.63) is 30.1 Å². The fourth-order valence-corrected chi connectivity index (χ4v) is 2.21. The van der Waals surface area contributed by atoms with Gasteiger partial charge in [-0.3, -0.25) is 0 Å². The van der Waals surface area contributed by atoms with Crippen LogP contribution in [0.3, 0.4) is 0 Å². The Morgan fingerprint density at radius 1 is 1.27 bits per heavy atom. The first-order valence-electron chi connectivity index (χ1n) is 8.14. The maximum atomic E-state index is 12.4. The molecule has 140 valence electrons. The number of carbonyl (C=O) groups excluding carboxylic acids is 2. The molecule has 2 aromatic rings. The lowest BCUT2D eigenvalue weighted by atomic mass is 10.2. The van der Waals surface area contributed by atoms with Crippen LogP contribution in [0.2, 0.25) is 0 Å². The van der Waals surface area contributed by atoms with Crippen LogP contribution in [-0.2, 0) is 16.0 Å². The van der Waals surface area contributed by atoms with E-state index >= 15 is 0 Å². The van der Waals surface area contributed by atoms with Crippen LogP contribution < -0.4 is 11.1 Å². The molecular formula is C17H23N5O4. The average Bonchev–Trinajstić information content (AvgIpc) is 2.95. The molecule has 9 heteroatoms. The molecule has 0 atom stereocenters. The number of nitrogens with one attached hydrogen (secondary N) is 1. The molecule has 0 radical (unpaired) electrons. The zero-order valence-electron chi connectivity index (χ0n) is 15.3. The minimum Gasteiger partial charge on any atom is -0.449 e. The maximum Gasteiger partial charge on any atom is 0.418 e. The van der Waals surface area contributed by atoms with Crippen LogP contribution in [0.15, 0.2) is 24.4 Å². The third-order valence-electron chi connectivity index (χ3n) is 3.16. The van der Waals surface area contributed by atoms with Gasteiger partial charge < -0.3 is 20.5 Å². The molecule has 0 unspecified atom stereocenters. The van der Waals surface area contributed by atoms with E-state index in [1.807, 2.05) is 0 Å². The maximum absolute atomic E-state index is 12.4. The predicted octanol–water partition coefficient (Wildman–Crippen LogP) is 2.56. The number of alkyl carbamates (subject to hydrolysis) is 1. The minimum absolute atomic E-state index is 0.0777. The molecule has 0 aliphatic rings. The van der Waals surface area contributed by atoms with E-state index in [9.17, 15) is 9.59 Å². The highest BCUT2D eigenvalue weighted by Gasteiger charge is 2.20. The lowest BCUT2D eigenvalue weighted by Crippen LogP contribution is -2.33. The fourth-order valence-electron chi connectivity index (χ4n) is 2.21. The molecule has 26 heavy (non-hydrogen) atoms. The second-order valence-corrected chi connectivity index (χ2v) is 6.40. The van der Waals surface area contributed by atoms with Gasteiger partial charge in [-0.25, -0.2) is 24.1 Å². The van der Waals surface area contributed by atoms with Gasteiger partial charge in [0.2, 0.25) is 5.95 Å². The van der Waals surface area contributed by atoms with E-state index in [0.717, 1.165) is 0 Å². The van der Waals surface area contributed by atoms with Gasteiger partial charge in [-0.1, -0.05) is 0 Å². The van der Waals surface area contributed by atoms with Crippen LogP contribution in [-0.4, -0.2) is 38.9 Å². The Morgan fingerprint density at radius 2 is 2.00 bits per heavy atom. The molecular weight excluding hydrogens is 338 g/mol. The fraction of sp³-hybridized carbons (Fsp3) is 0.412. The number of hydrogen-bond donors (Lipinski definition) is 2. The molecule has 1 amide bonds. The number of aromatic nitrogens is 3. The van der Waals surface area contributed by atoms with E-state index < -0.39 is 17.8 Å². The summed E-state index contributed by atoms with van der Waals surface area (Å²) in [6.07, 6.45) is 0.339. The number of rotatable bonds is 4. The summed E-state index contributed by atoms with van der Waals surface area (Å²) in [4.78, 5) is 32.2. The Morgan fingerprint density at radius 3 is 2.62 bits per heavy atom. The highest BCUT2D eigenvalue weighted by Crippen LogP contribution is 2.22. The molecule has 0 aromatic carbocycles. The molecule has 9 nitrogen and oxygen atoms in total. The largest absolute Gasteiger partial charge is 0.449 e. The van der Waals surface area contributed by atoms with Crippen molar-refractivity contribution in [1.82, 2.24) is 19.9 Å². The van der Waals surface area contributed by atoms with E-state index in [2.05, 4.69) is 15.3 Å². The number of nitrogens with zero attached hydrogens (tertiary/aromatic N) is 3. The number of ether oxygens (including phenoxy) is 2. The summed E-state index contributed by atoms with van der Waals surface area (Å²) in [6.45, 7) is 7.31. The third-order valence-corrected chi connectivity index (χ3v) is 3.16. The van der Waals surface area contributed by atoms with E-state index in [-0.39, 0.29) is 19.1 Å². The summed E-state index contributed by atoms with van der Waals surface area (Å²) < 4.78 is 11.6. The molecule has 0 spiro atoms. The summed E-state index contributed by atoms with van der Waals surface area (Å²) in [7, 11) is 0. The summed E-state index contributed by atoms with van der Waals surface area (Å²) >= 11 is 0. The molecule has 0 saturated heterocycles. The Balaban J connectivity index is 2.29. The van der Waals surface area contributed by atoms with Gasteiger partial charge in [0, 0.05) is 11.9 Å². The van der Waals surface area contributed by atoms with Crippen LogP contribution >= 0.6 is 0 Å². The van der Waals surface area contributed by atoms with Crippen LogP contribution in [0.5, 0.6) is 0 Å². The van der Waals surface area contributed by atoms with Crippen molar-refractivity contribution < 1.29 is 19.1 Å². The number of amides is 1. The first-order chi connectivity index (χ1) is 12.2. The molecule has 2 rings (SSSR count). The highest BCUT2D eigenvalue weighted by molar-refractivity contribution is 5.79. The first kappa shape index (κ1) is 19.2. The topological polar surface area (TPSA) is 121 Å². The van der Waals surface area contributed by atoms with E-state index in [0.29, 0.717) is 17.1 Å². The molecule has 0 aliphatic carbocycles. The zero-order valence-corrected chi connectivity index (χ0v) is 15.3. The summed E-state index contributed by atoms with van der Waals surface area (Å²) in [6, 6.07) is 5.03. The molecule has 0 saturated carbocycles. The van der Waals surface area contributed by atoms with Crippen molar-refractivity contribution in [3.8, 4) is 11.4 Å². The van der Waals surface area contributed by atoms with Crippen LogP contribution in [0.4, 0.5) is 15.5 Å². The zero-order chi connectivity index (χ0) is 19.3. The van der Waals surface area contributed by atoms with Crippen molar-refractivity contribution in [2.45, 2.75) is 39.8 Å². The van der Waals surface area contributed by atoms with Gasteiger partial charge in [0.25, 0.3) is 0 Å². The van der Waals surface area contributed by atoms with E-state index in [1.54, 1.807) is 45.9 Å². The summed E-state index contributed by atoms with van der Waals surface area (Å²) in [5, 5.41) is 2.62. The van der Waals surface area contributed by atoms with Crippen LogP contribution in [0.25, 0.3) is 11.4 Å². The summed E-state index contributed by atoms with van der Waals surface area (Å²) in [5.41, 5.74) is 6.48. The van der Waals surface area contributed by atoms with Gasteiger partial charge in [-0.05, 0) is 45.9 Å². The van der Waals surface area contributed by atoms with E-state index in [4.69, 9.17) is 15.2 Å². The van der Waals surface area contributed by atoms with Crippen molar-refractivity contribution in [2.75, 3.05) is 12.3 Å². The summed E-state index contributed by atoms with van der Waals surface area (Å²) in [5.74, 6) is 0.0903. The number of nitrogens with two attached hydrogens (primary N) is 1. The molecule has 2 heterocycles. The standard InChI is InChI=1S/C17H23N5O4/c1-5-25-16(24)22-11(10-20-15(23)26-17(2,3)4)6-7-13(22)12-8-9-19-14(18)21-12/h6-9H,5,10H2,1-4H3,(H,20,23)(H2,18,19,21). The SMILES string of the molecule is CCOC(=O)n1c(CNC(=O)OC(C)(C)C)ccc1-c1ccnc(N)n1. The van der Waals surface area contributed by atoms with Crippen molar-refractivity contribution in [2.24, 2.45) is 0 Å². The second-order valence-electron chi connectivity index (χ2n) is 6.40. The Labute approximate surface area is 151 Å². The van der Waals surface area contributed by atoms with Gasteiger partial charge in [0.15, 0.2) is 0 Å². The Kier molecular flexibility index (Phi) is 5.81. The van der Waals surface area contributed by atoms with Gasteiger partial charge in [0.05, 0.1) is 24.5 Å². The number of anilines is 1. The monoisotopic (exact) mass is 361 g/mol. The highest BCUT2D eigenvalue weighted by atomic mass is 16.6. The molecule has 0 aliphatic heterocycles. The number of carbonyl (C=O) groups is 2. The predicted molar refractivity (Wildman–Crippen MR) is 95.4 cm³/mol. The van der Waals surface area contributed by atoms with Gasteiger partial charge in [-0.15, -0.1) is 0 Å². The Hall–Kier alpha value is -3.10. The number of hydrogen-bond acceptors (Lipinski definition) is 7. The normalized spacial score (nSPS) is 11.1. The molecule has 0 fully saturated rings. The first-order valence-corrected chi connectivity index (χ1v) is 8.14.